The third kappa shape index (κ3) is 5.72. The van der Waals surface area contributed by atoms with Crippen LogP contribution in [0.5, 0.6) is 0 Å². The molecule has 1 aliphatic carbocycles. The standard InChI is InChI=1S/C29H40N4O5/c1-29(2,3)38-28(37)32-14-12-31(13-15-32)23-7-5-4-6-20(23)16-19-8-9-22-21(17-19)18-33(27(22)36)24-10-11-25(34)30-26(24)35/h8-9,17,20,23-24H,4-7,10-16,18H2,1-3H3,(H,30,34,35)/t20-,23+,24?/m1/s1. The molecule has 9 heteroatoms. The number of imide groups is 1. The number of carbonyl (C=O) groups excluding carboxylic acids is 4. The first-order valence-corrected chi connectivity index (χ1v) is 14.1. The molecule has 1 N–H and O–H groups in total. The molecule has 5 rings (SSSR count). The van der Waals surface area contributed by atoms with Crippen molar-refractivity contribution in [1.29, 1.82) is 0 Å². The molecular formula is C29H40N4O5. The summed E-state index contributed by atoms with van der Waals surface area (Å²) in [4.78, 5) is 55.5. The molecule has 3 fully saturated rings. The predicted molar refractivity (Wildman–Crippen MR) is 141 cm³/mol. The Hall–Kier alpha value is -2.94. The van der Waals surface area contributed by atoms with Crippen molar-refractivity contribution in [1.82, 2.24) is 20.0 Å². The van der Waals surface area contributed by atoms with Crippen molar-refractivity contribution in [2.24, 2.45) is 5.92 Å². The van der Waals surface area contributed by atoms with Gasteiger partial charge in [0.1, 0.15) is 11.6 Å². The number of nitrogens with zero attached hydrogens (tertiary/aromatic N) is 3. The van der Waals surface area contributed by atoms with Crippen LogP contribution in [0.3, 0.4) is 0 Å². The lowest BCUT2D eigenvalue weighted by atomic mass is 9.79. The highest BCUT2D eigenvalue weighted by Gasteiger charge is 2.39. The maximum Gasteiger partial charge on any atom is 0.410 e. The van der Waals surface area contributed by atoms with Crippen LogP contribution in [0.2, 0.25) is 0 Å². The second kappa shape index (κ2) is 10.7. The van der Waals surface area contributed by atoms with E-state index in [9.17, 15) is 19.2 Å². The van der Waals surface area contributed by atoms with Crippen LogP contribution in [-0.4, -0.2) is 82.4 Å². The average molecular weight is 525 g/mol. The van der Waals surface area contributed by atoms with E-state index in [1.807, 2.05) is 31.7 Å². The first kappa shape index (κ1) is 26.7. The lowest BCUT2D eigenvalue weighted by Crippen LogP contribution is -2.55. The monoisotopic (exact) mass is 524 g/mol. The summed E-state index contributed by atoms with van der Waals surface area (Å²) < 4.78 is 5.56. The van der Waals surface area contributed by atoms with Gasteiger partial charge in [0.25, 0.3) is 5.91 Å². The predicted octanol–water partition coefficient (Wildman–Crippen LogP) is 3.10. The fraction of sp³-hybridized carbons (Fsp3) is 0.655. The Morgan fingerprint density at radius 1 is 1.03 bits per heavy atom. The lowest BCUT2D eigenvalue weighted by molar-refractivity contribution is -0.136. The van der Waals surface area contributed by atoms with Gasteiger partial charge in [-0.15, -0.1) is 0 Å². The minimum atomic E-state index is -0.585. The molecular weight excluding hydrogens is 484 g/mol. The van der Waals surface area contributed by atoms with E-state index in [0.29, 0.717) is 43.6 Å². The van der Waals surface area contributed by atoms with Gasteiger partial charge in [0.15, 0.2) is 0 Å². The second-order valence-corrected chi connectivity index (χ2v) is 12.2. The molecule has 0 bridgehead atoms. The summed E-state index contributed by atoms with van der Waals surface area (Å²) in [5, 5.41) is 2.37. The van der Waals surface area contributed by atoms with Gasteiger partial charge in [0.2, 0.25) is 11.8 Å². The van der Waals surface area contributed by atoms with Gasteiger partial charge >= 0.3 is 6.09 Å². The molecule has 4 amide bonds. The van der Waals surface area contributed by atoms with Crippen molar-refractivity contribution in [3.8, 4) is 0 Å². The smallest absolute Gasteiger partial charge is 0.410 e. The van der Waals surface area contributed by atoms with Crippen LogP contribution in [0, 0.1) is 5.92 Å². The van der Waals surface area contributed by atoms with Gasteiger partial charge < -0.3 is 14.5 Å². The van der Waals surface area contributed by atoms with Crippen molar-refractivity contribution in [3.05, 3.63) is 34.9 Å². The van der Waals surface area contributed by atoms with Crippen LogP contribution in [0.1, 0.15) is 80.8 Å². The highest BCUT2D eigenvalue weighted by molar-refractivity contribution is 6.05. The summed E-state index contributed by atoms with van der Waals surface area (Å²) in [6.45, 7) is 9.21. The van der Waals surface area contributed by atoms with Crippen molar-refractivity contribution >= 4 is 23.8 Å². The van der Waals surface area contributed by atoms with E-state index >= 15 is 0 Å². The van der Waals surface area contributed by atoms with Gasteiger partial charge in [-0.05, 0) is 69.6 Å². The third-order valence-corrected chi connectivity index (χ3v) is 8.39. The zero-order chi connectivity index (χ0) is 27.0. The Labute approximate surface area is 224 Å². The molecule has 0 radical (unpaired) electrons. The molecule has 38 heavy (non-hydrogen) atoms. The summed E-state index contributed by atoms with van der Waals surface area (Å²) in [6, 6.07) is 6.02. The highest BCUT2D eigenvalue weighted by atomic mass is 16.6. The van der Waals surface area contributed by atoms with E-state index in [2.05, 4.69) is 22.3 Å². The van der Waals surface area contributed by atoms with Gasteiger partial charge in [-0.1, -0.05) is 25.0 Å². The molecule has 9 nitrogen and oxygen atoms in total. The molecule has 2 saturated heterocycles. The molecule has 3 heterocycles. The van der Waals surface area contributed by atoms with Crippen LogP contribution in [0.25, 0.3) is 0 Å². The number of piperidine rings is 1. The first-order chi connectivity index (χ1) is 18.1. The van der Waals surface area contributed by atoms with E-state index in [1.54, 1.807) is 4.90 Å². The minimum Gasteiger partial charge on any atom is -0.444 e. The Morgan fingerprint density at radius 2 is 1.76 bits per heavy atom. The van der Waals surface area contributed by atoms with Crippen LogP contribution in [0.15, 0.2) is 18.2 Å². The Morgan fingerprint density at radius 3 is 2.47 bits per heavy atom. The summed E-state index contributed by atoms with van der Waals surface area (Å²) in [7, 11) is 0. The van der Waals surface area contributed by atoms with Crippen LogP contribution in [-0.2, 0) is 27.3 Å². The van der Waals surface area contributed by atoms with Gasteiger partial charge in [0.05, 0.1) is 0 Å². The fourth-order valence-corrected chi connectivity index (χ4v) is 6.53. The second-order valence-electron chi connectivity index (χ2n) is 12.2. The largest absolute Gasteiger partial charge is 0.444 e. The number of benzene rings is 1. The molecule has 3 aliphatic heterocycles. The van der Waals surface area contributed by atoms with Crippen molar-refractivity contribution in [3.63, 3.8) is 0 Å². The third-order valence-electron chi connectivity index (χ3n) is 8.39. The molecule has 4 aliphatic rings. The Balaban J connectivity index is 1.21. The summed E-state index contributed by atoms with van der Waals surface area (Å²) in [6.07, 6.45) is 6.17. The molecule has 0 aromatic heterocycles. The van der Waals surface area contributed by atoms with E-state index in [1.165, 1.54) is 31.2 Å². The summed E-state index contributed by atoms with van der Waals surface area (Å²) in [5.41, 5.74) is 2.38. The molecule has 1 unspecified atom stereocenters. The molecule has 1 aromatic carbocycles. The summed E-state index contributed by atoms with van der Waals surface area (Å²) in [5.74, 6) is -0.247. The first-order valence-electron chi connectivity index (χ1n) is 14.1. The van der Waals surface area contributed by atoms with Crippen LogP contribution in [0.4, 0.5) is 4.79 Å². The molecule has 0 spiro atoms. The summed E-state index contributed by atoms with van der Waals surface area (Å²) >= 11 is 0. The molecule has 206 valence electrons. The number of ether oxygens (including phenoxy) is 1. The van der Waals surface area contributed by atoms with Crippen molar-refractivity contribution < 1.29 is 23.9 Å². The molecule has 1 saturated carbocycles. The van der Waals surface area contributed by atoms with Gasteiger partial charge in [-0.25, -0.2) is 4.79 Å². The SMILES string of the molecule is CC(C)(C)OC(=O)N1CCN([C@H]2CCCC[C@@H]2Cc2ccc3c(c2)CN(C2CCC(=O)NC2=O)C3=O)CC1. The lowest BCUT2D eigenvalue weighted by Gasteiger charge is -2.44. The van der Waals surface area contributed by atoms with Gasteiger partial charge in [-0.3, -0.25) is 24.6 Å². The van der Waals surface area contributed by atoms with Crippen LogP contribution >= 0.6 is 0 Å². The van der Waals surface area contributed by atoms with E-state index in [0.717, 1.165) is 25.1 Å². The number of amides is 4. The van der Waals surface area contributed by atoms with Gasteiger partial charge in [-0.2, -0.15) is 0 Å². The average Bonchev–Trinajstić information content (AvgIpc) is 3.19. The number of hydrogen-bond donors (Lipinski definition) is 1. The maximum atomic E-state index is 13.1. The number of nitrogens with one attached hydrogen (secondary N) is 1. The van der Waals surface area contributed by atoms with E-state index in [-0.39, 0.29) is 30.2 Å². The van der Waals surface area contributed by atoms with Crippen LogP contribution < -0.4 is 5.32 Å². The van der Waals surface area contributed by atoms with E-state index < -0.39 is 11.6 Å². The topological polar surface area (TPSA) is 99.3 Å². The van der Waals surface area contributed by atoms with Crippen molar-refractivity contribution in [2.75, 3.05) is 26.2 Å². The Kier molecular flexibility index (Phi) is 7.49. The maximum absolute atomic E-state index is 13.1. The highest BCUT2D eigenvalue weighted by Crippen LogP contribution is 2.34. The zero-order valence-corrected chi connectivity index (χ0v) is 22.8. The normalized spacial score (nSPS) is 26.8. The zero-order valence-electron chi connectivity index (χ0n) is 22.8. The quantitative estimate of drug-likeness (QED) is 0.608. The number of piperazine rings is 1. The number of carbonyl (C=O) groups is 4. The minimum absolute atomic E-state index is 0.126. The van der Waals surface area contributed by atoms with Gasteiger partial charge in [0, 0.05) is 50.7 Å². The number of hydrogen-bond acceptors (Lipinski definition) is 6. The number of rotatable bonds is 4. The fourth-order valence-electron chi connectivity index (χ4n) is 6.53. The Bertz CT molecular complexity index is 1100. The van der Waals surface area contributed by atoms with Crippen molar-refractivity contribution in [2.45, 2.75) is 89.9 Å². The number of fused-ring (bicyclic) bond motifs is 1. The molecule has 3 atom stereocenters. The van der Waals surface area contributed by atoms with E-state index in [4.69, 9.17) is 4.74 Å². The molecule has 1 aromatic rings.